The zero-order valence-corrected chi connectivity index (χ0v) is 22.6. The molecule has 2 rings (SSSR count). The molecule has 0 amide bonds. The molecule has 0 saturated carbocycles. The Bertz CT molecular complexity index is 796. The van der Waals surface area contributed by atoms with Crippen molar-refractivity contribution < 1.29 is 9.84 Å². The fourth-order valence-corrected chi connectivity index (χ4v) is 5.50. The molecule has 0 aromatic heterocycles. The molecule has 1 saturated heterocycles. The number of fused-ring (bicyclic) bond motifs is 1. The highest BCUT2D eigenvalue weighted by Crippen LogP contribution is 2.50. The fourth-order valence-electron chi connectivity index (χ4n) is 5.50. The molecule has 2 heteroatoms. The second-order valence-corrected chi connectivity index (χ2v) is 11.1. The molecule has 2 nitrogen and oxygen atoms in total. The van der Waals surface area contributed by atoms with Crippen LogP contribution in [-0.2, 0) is 4.74 Å². The Morgan fingerprint density at radius 1 is 1.21 bits per heavy atom. The van der Waals surface area contributed by atoms with Crippen molar-refractivity contribution in [3.63, 3.8) is 0 Å². The van der Waals surface area contributed by atoms with Crippen LogP contribution in [-0.4, -0.2) is 11.2 Å². The molecule has 2 aliphatic rings. The van der Waals surface area contributed by atoms with Gasteiger partial charge in [0.25, 0.3) is 0 Å². The van der Waals surface area contributed by atoms with Gasteiger partial charge in [-0.2, -0.15) is 0 Å². The monoisotopic (exact) mass is 453 g/mol. The normalized spacial score (nSPS) is 29.2. The smallest absolute Gasteiger partial charge is 0.0961 e. The summed E-state index contributed by atoms with van der Waals surface area (Å²) >= 11 is 0. The molecular formula is C31H49O2-. The van der Waals surface area contributed by atoms with Crippen LogP contribution in [0.15, 0.2) is 58.9 Å². The molecule has 0 N–H and O–H groups in total. The van der Waals surface area contributed by atoms with Crippen LogP contribution in [0.1, 0.15) is 113 Å². The largest absolute Gasteiger partial charge is 0.876 e. The Kier molecular flexibility index (Phi) is 10.3. The number of rotatable bonds is 12. The lowest BCUT2D eigenvalue weighted by molar-refractivity contribution is -0.313. The zero-order valence-electron chi connectivity index (χ0n) is 22.6. The highest BCUT2D eigenvalue weighted by atomic mass is 16.5. The predicted octanol–water partition coefficient (Wildman–Crippen LogP) is 8.36. The van der Waals surface area contributed by atoms with Crippen molar-refractivity contribution in [1.82, 2.24) is 0 Å². The number of hydrogen-bond acceptors (Lipinski definition) is 2. The number of hydrogen-bond donors (Lipinski definition) is 0. The van der Waals surface area contributed by atoms with Gasteiger partial charge in [-0.25, -0.2) is 0 Å². The maximum Gasteiger partial charge on any atom is 0.0961 e. The molecule has 0 bridgehead atoms. The molecule has 1 fully saturated rings. The maximum absolute atomic E-state index is 11.2. The van der Waals surface area contributed by atoms with Crippen molar-refractivity contribution in [1.29, 1.82) is 0 Å². The molecule has 4 unspecified atom stereocenters. The van der Waals surface area contributed by atoms with E-state index >= 15 is 0 Å². The van der Waals surface area contributed by atoms with E-state index in [0.717, 1.165) is 57.8 Å². The van der Waals surface area contributed by atoms with E-state index in [0.29, 0.717) is 5.92 Å². The van der Waals surface area contributed by atoms with E-state index in [1.165, 1.54) is 28.7 Å². The fraction of sp³-hybridized carbons (Fsp3) is 0.677. The van der Waals surface area contributed by atoms with Crippen molar-refractivity contribution in [3.8, 4) is 0 Å². The minimum Gasteiger partial charge on any atom is -0.876 e. The van der Waals surface area contributed by atoms with Gasteiger partial charge in [0, 0.05) is 5.92 Å². The third-order valence-electron chi connectivity index (χ3n) is 8.30. The topological polar surface area (TPSA) is 32.3 Å². The molecular weight excluding hydrogens is 404 g/mol. The van der Waals surface area contributed by atoms with Crippen LogP contribution in [0.2, 0.25) is 0 Å². The first-order chi connectivity index (χ1) is 15.5. The molecule has 0 aromatic rings. The third-order valence-corrected chi connectivity index (χ3v) is 8.30. The maximum atomic E-state index is 11.2. The van der Waals surface area contributed by atoms with Crippen LogP contribution < -0.4 is 5.11 Å². The SMILES string of the molecule is C=C([O-])C(C)CC/C=C(\C)CCC/C(C)=C/CCC1(C)CCC2=CC=C(C)C(C)C2(CC)O1. The van der Waals surface area contributed by atoms with E-state index in [2.05, 4.69) is 72.4 Å². The Morgan fingerprint density at radius 3 is 2.45 bits per heavy atom. The van der Waals surface area contributed by atoms with E-state index in [9.17, 15) is 5.11 Å². The molecule has 1 aliphatic carbocycles. The molecule has 4 atom stereocenters. The standard InChI is InChI=1S/C31H50O2/c1-9-31-27(6)25(4)18-19-29(31)20-22-30(8,33-31)21-12-16-24(3)14-10-13-23(2)15-11-17-26(5)28(7)32/h15-16,18-19,26-27,32H,7,9-14,17,20-22H2,1-6,8H3/p-1/b23-15+,24-16+. The molecule has 0 radical (unpaired) electrons. The first kappa shape index (κ1) is 27.7. The summed E-state index contributed by atoms with van der Waals surface area (Å²) in [7, 11) is 0. The summed E-state index contributed by atoms with van der Waals surface area (Å²) in [6.45, 7) is 19.2. The molecule has 33 heavy (non-hydrogen) atoms. The Hall–Kier alpha value is -1.54. The molecule has 0 aromatic carbocycles. The highest BCUT2D eigenvalue weighted by molar-refractivity contribution is 5.36. The minimum atomic E-state index is -0.104. The Labute approximate surface area is 204 Å². The molecule has 0 spiro atoms. The summed E-state index contributed by atoms with van der Waals surface area (Å²) in [6, 6.07) is 0. The van der Waals surface area contributed by atoms with E-state index in [-0.39, 0.29) is 22.9 Å². The quantitative estimate of drug-likeness (QED) is 0.220. The van der Waals surface area contributed by atoms with E-state index < -0.39 is 0 Å². The van der Waals surface area contributed by atoms with Gasteiger partial charge in [0.2, 0.25) is 0 Å². The second-order valence-electron chi connectivity index (χ2n) is 11.1. The first-order valence-corrected chi connectivity index (χ1v) is 13.3. The van der Waals surface area contributed by atoms with Crippen LogP contribution in [0, 0.1) is 11.8 Å². The number of allylic oxidation sites excluding steroid dienone is 7. The number of ether oxygens (including phenoxy) is 1. The second kappa shape index (κ2) is 12.2. The minimum absolute atomic E-state index is 0.0398. The van der Waals surface area contributed by atoms with Gasteiger partial charge in [0.1, 0.15) is 0 Å². The highest BCUT2D eigenvalue weighted by Gasteiger charge is 2.49. The Morgan fingerprint density at radius 2 is 1.85 bits per heavy atom. The lowest BCUT2D eigenvalue weighted by atomic mass is 9.68. The lowest BCUT2D eigenvalue weighted by Crippen LogP contribution is -2.53. The van der Waals surface area contributed by atoms with Gasteiger partial charge in [0.05, 0.1) is 11.2 Å². The van der Waals surface area contributed by atoms with E-state index in [1.807, 2.05) is 6.92 Å². The predicted molar refractivity (Wildman–Crippen MR) is 141 cm³/mol. The van der Waals surface area contributed by atoms with Gasteiger partial charge < -0.3 is 9.84 Å². The van der Waals surface area contributed by atoms with Gasteiger partial charge >= 0.3 is 0 Å². The van der Waals surface area contributed by atoms with Gasteiger partial charge in [-0.05, 0) is 103 Å². The van der Waals surface area contributed by atoms with Crippen LogP contribution in [0.4, 0.5) is 0 Å². The van der Waals surface area contributed by atoms with E-state index in [1.54, 1.807) is 0 Å². The van der Waals surface area contributed by atoms with Crippen molar-refractivity contribution >= 4 is 0 Å². The van der Waals surface area contributed by atoms with Gasteiger partial charge in [-0.1, -0.05) is 61.8 Å². The summed E-state index contributed by atoms with van der Waals surface area (Å²) in [6.07, 6.45) is 20.3. The van der Waals surface area contributed by atoms with Crippen molar-refractivity contribution in [2.24, 2.45) is 11.8 Å². The van der Waals surface area contributed by atoms with Crippen LogP contribution in [0.25, 0.3) is 0 Å². The summed E-state index contributed by atoms with van der Waals surface area (Å²) < 4.78 is 6.99. The van der Waals surface area contributed by atoms with Crippen molar-refractivity contribution in [2.75, 3.05) is 0 Å². The average Bonchev–Trinajstić information content (AvgIpc) is 2.76. The van der Waals surface area contributed by atoms with Crippen LogP contribution in [0.5, 0.6) is 0 Å². The summed E-state index contributed by atoms with van der Waals surface area (Å²) in [5.74, 6) is 0.583. The third kappa shape index (κ3) is 7.47. The summed E-state index contributed by atoms with van der Waals surface area (Å²) in [5.41, 5.74) is 5.73. The van der Waals surface area contributed by atoms with Crippen molar-refractivity contribution in [3.05, 3.63) is 58.9 Å². The van der Waals surface area contributed by atoms with E-state index in [4.69, 9.17) is 4.74 Å². The summed E-state index contributed by atoms with van der Waals surface area (Å²) in [5, 5.41) is 11.2. The molecule has 1 aliphatic heterocycles. The van der Waals surface area contributed by atoms with Gasteiger partial charge in [0.15, 0.2) is 0 Å². The Balaban J connectivity index is 1.79. The first-order valence-electron chi connectivity index (χ1n) is 13.3. The van der Waals surface area contributed by atoms with Crippen LogP contribution in [0.3, 0.4) is 0 Å². The average molecular weight is 454 g/mol. The van der Waals surface area contributed by atoms with Crippen molar-refractivity contribution in [2.45, 2.75) is 124 Å². The zero-order chi connectivity index (χ0) is 24.6. The van der Waals surface area contributed by atoms with Gasteiger partial charge in [-0.15, -0.1) is 12.3 Å². The molecule has 186 valence electrons. The lowest BCUT2D eigenvalue weighted by Gasteiger charge is -2.53. The molecule has 1 heterocycles. The van der Waals surface area contributed by atoms with Crippen LogP contribution >= 0.6 is 0 Å². The van der Waals surface area contributed by atoms with Gasteiger partial charge in [-0.3, -0.25) is 0 Å². The summed E-state index contributed by atoms with van der Waals surface area (Å²) in [4.78, 5) is 0.